The SMILES string of the molecule is CC(C)CC(N)C(=O)Nc1cc(C(=O)O)c(F)cc1F. The van der Waals surface area contributed by atoms with Crippen molar-refractivity contribution in [3.8, 4) is 0 Å². The third kappa shape index (κ3) is 3.99. The minimum absolute atomic E-state index is 0.170. The zero-order chi connectivity index (χ0) is 15.4. The Morgan fingerprint density at radius 1 is 1.30 bits per heavy atom. The van der Waals surface area contributed by atoms with Crippen LogP contribution in [0, 0.1) is 17.6 Å². The quantitative estimate of drug-likeness (QED) is 0.771. The van der Waals surface area contributed by atoms with Crippen molar-refractivity contribution in [1.82, 2.24) is 0 Å². The van der Waals surface area contributed by atoms with Crippen molar-refractivity contribution in [2.45, 2.75) is 26.3 Å². The summed E-state index contributed by atoms with van der Waals surface area (Å²) in [6.45, 7) is 3.74. The second kappa shape index (κ2) is 6.42. The molecule has 0 heterocycles. The molecule has 1 rings (SSSR count). The van der Waals surface area contributed by atoms with Crippen molar-refractivity contribution in [2.24, 2.45) is 11.7 Å². The van der Waals surface area contributed by atoms with Crippen molar-refractivity contribution < 1.29 is 23.5 Å². The van der Waals surface area contributed by atoms with Gasteiger partial charge in [-0.25, -0.2) is 13.6 Å². The Morgan fingerprint density at radius 2 is 1.90 bits per heavy atom. The number of carboxylic acids is 1. The molecular formula is C13H16F2N2O3. The second-order valence-corrected chi connectivity index (χ2v) is 4.84. The van der Waals surface area contributed by atoms with Crippen molar-refractivity contribution in [1.29, 1.82) is 0 Å². The normalized spacial score (nSPS) is 12.3. The summed E-state index contributed by atoms with van der Waals surface area (Å²) in [5.74, 6) is -4.30. The van der Waals surface area contributed by atoms with Gasteiger partial charge in [0.25, 0.3) is 0 Å². The smallest absolute Gasteiger partial charge is 0.338 e. The first-order valence-electron chi connectivity index (χ1n) is 6.01. The van der Waals surface area contributed by atoms with Gasteiger partial charge in [0.05, 0.1) is 17.3 Å². The fourth-order valence-electron chi connectivity index (χ4n) is 1.65. The molecule has 1 unspecified atom stereocenters. The third-order valence-corrected chi connectivity index (χ3v) is 2.61. The zero-order valence-corrected chi connectivity index (χ0v) is 11.1. The van der Waals surface area contributed by atoms with Gasteiger partial charge in [0.2, 0.25) is 5.91 Å². The Morgan fingerprint density at radius 3 is 2.40 bits per heavy atom. The topological polar surface area (TPSA) is 92.4 Å². The Balaban J connectivity index is 2.95. The van der Waals surface area contributed by atoms with Gasteiger partial charge in [0.15, 0.2) is 0 Å². The number of benzene rings is 1. The fraction of sp³-hybridized carbons (Fsp3) is 0.385. The van der Waals surface area contributed by atoms with E-state index in [1.54, 1.807) is 0 Å². The number of hydrogen-bond donors (Lipinski definition) is 3. The van der Waals surface area contributed by atoms with E-state index < -0.39 is 40.8 Å². The summed E-state index contributed by atoms with van der Waals surface area (Å²) < 4.78 is 26.7. The molecule has 0 aliphatic carbocycles. The zero-order valence-electron chi connectivity index (χ0n) is 11.1. The molecule has 0 aliphatic rings. The molecule has 0 saturated carbocycles. The van der Waals surface area contributed by atoms with Gasteiger partial charge in [-0.05, 0) is 18.4 Å². The van der Waals surface area contributed by atoms with Crippen LogP contribution in [-0.4, -0.2) is 23.0 Å². The Kier molecular flexibility index (Phi) is 5.15. The maximum Gasteiger partial charge on any atom is 0.338 e. The molecule has 5 nitrogen and oxygen atoms in total. The maximum atomic E-state index is 13.5. The van der Waals surface area contributed by atoms with E-state index in [4.69, 9.17) is 10.8 Å². The molecule has 1 aromatic carbocycles. The van der Waals surface area contributed by atoms with Gasteiger partial charge in [-0.3, -0.25) is 4.79 Å². The van der Waals surface area contributed by atoms with Crippen LogP contribution in [0.4, 0.5) is 14.5 Å². The summed E-state index contributed by atoms with van der Waals surface area (Å²) in [6.07, 6.45) is 0.389. The lowest BCUT2D eigenvalue weighted by molar-refractivity contribution is -0.117. The summed E-state index contributed by atoms with van der Waals surface area (Å²) in [7, 11) is 0. The molecule has 0 aromatic heterocycles. The number of nitrogens with two attached hydrogens (primary N) is 1. The van der Waals surface area contributed by atoms with Crippen LogP contribution in [0.5, 0.6) is 0 Å². The molecule has 1 atom stereocenters. The van der Waals surface area contributed by atoms with E-state index >= 15 is 0 Å². The summed E-state index contributed by atoms with van der Waals surface area (Å²) in [5.41, 5.74) is 4.49. The molecule has 0 aliphatic heterocycles. The molecule has 1 aromatic rings. The summed E-state index contributed by atoms with van der Waals surface area (Å²) in [6, 6.07) is 0.285. The number of amides is 1. The number of anilines is 1. The lowest BCUT2D eigenvalue weighted by atomic mass is 10.0. The van der Waals surface area contributed by atoms with Crippen LogP contribution in [0.15, 0.2) is 12.1 Å². The van der Waals surface area contributed by atoms with Crippen molar-refractivity contribution in [3.63, 3.8) is 0 Å². The van der Waals surface area contributed by atoms with E-state index in [-0.39, 0.29) is 5.92 Å². The van der Waals surface area contributed by atoms with Crippen LogP contribution in [0.2, 0.25) is 0 Å². The lowest BCUT2D eigenvalue weighted by Gasteiger charge is -2.15. The van der Waals surface area contributed by atoms with E-state index in [1.807, 2.05) is 13.8 Å². The highest BCUT2D eigenvalue weighted by Gasteiger charge is 2.20. The van der Waals surface area contributed by atoms with Crippen LogP contribution < -0.4 is 11.1 Å². The van der Waals surface area contributed by atoms with Crippen LogP contribution in [0.25, 0.3) is 0 Å². The van der Waals surface area contributed by atoms with Crippen molar-refractivity contribution in [3.05, 3.63) is 29.3 Å². The van der Waals surface area contributed by atoms with Gasteiger partial charge in [0, 0.05) is 6.07 Å². The predicted molar refractivity (Wildman–Crippen MR) is 69.4 cm³/mol. The molecule has 0 fully saturated rings. The number of carboxylic acid groups (broad SMARTS) is 1. The monoisotopic (exact) mass is 286 g/mol. The number of halogens is 2. The number of hydrogen-bond acceptors (Lipinski definition) is 3. The van der Waals surface area contributed by atoms with Gasteiger partial charge in [-0.15, -0.1) is 0 Å². The van der Waals surface area contributed by atoms with Crippen LogP contribution in [0.1, 0.15) is 30.6 Å². The molecule has 110 valence electrons. The third-order valence-electron chi connectivity index (χ3n) is 2.61. The highest BCUT2D eigenvalue weighted by molar-refractivity contribution is 5.96. The lowest BCUT2D eigenvalue weighted by Crippen LogP contribution is -2.36. The van der Waals surface area contributed by atoms with E-state index in [0.717, 1.165) is 6.07 Å². The number of carbonyl (C=O) groups is 2. The summed E-state index contributed by atoms with van der Waals surface area (Å²) in [4.78, 5) is 22.5. The van der Waals surface area contributed by atoms with Crippen LogP contribution >= 0.6 is 0 Å². The fourth-order valence-corrected chi connectivity index (χ4v) is 1.65. The molecule has 7 heteroatoms. The van der Waals surface area contributed by atoms with Crippen molar-refractivity contribution in [2.75, 3.05) is 5.32 Å². The van der Waals surface area contributed by atoms with Crippen LogP contribution in [0.3, 0.4) is 0 Å². The largest absolute Gasteiger partial charge is 0.478 e. The minimum atomic E-state index is -1.55. The Bertz CT molecular complexity index is 533. The van der Waals surface area contributed by atoms with Gasteiger partial charge < -0.3 is 16.2 Å². The average Bonchev–Trinajstić information content (AvgIpc) is 2.30. The number of carbonyl (C=O) groups excluding carboxylic acids is 1. The maximum absolute atomic E-state index is 13.5. The molecule has 0 saturated heterocycles. The first-order chi connectivity index (χ1) is 9.22. The highest BCUT2D eigenvalue weighted by atomic mass is 19.1. The molecule has 1 amide bonds. The summed E-state index contributed by atoms with van der Waals surface area (Å²) >= 11 is 0. The van der Waals surface area contributed by atoms with Crippen LogP contribution in [-0.2, 0) is 4.79 Å². The number of rotatable bonds is 5. The molecule has 4 N–H and O–H groups in total. The highest BCUT2D eigenvalue weighted by Crippen LogP contribution is 2.20. The predicted octanol–water partition coefficient (Wildman–Crippen LogP) is 1.97. The van der Waals surface area contributed by atoms with Gasteiger partial charge in [-0.1, -0.05) is 13.8 Å². The molecule has 20 heavy (non-hydrogen) atoms. The average molecular weight is 286 g/mol. The van der Waals surface area contributed by atoms with E-state index in [1.165, 1.54) is 0 Å². The van der Waals surface area contributed by atoms with E-state index in [0.29, 0.717) is 12.5 Å². The van der Waals surface area contributed by atoms with Gasteiger partial charge in [0.1, 0.15) is 11.6 Å². The number of aromatic carboxylic acids is 1. The van der Waals surface area contributed by atoms with E-state index in [9.17, 15) is 18.4 Å². The van der Waals surface area contributed by atoms with E-state index in [2.05, 4.69) is 5.32 Å². The Labute approximate surface area is 114 Å². The first kappa shape index (κ1) is 16.0. The van der Waals surface area contributed by atoms with Gasteiger partial charge in [-0.2, -0.15) is 0 Å². The molecule has 0 spiro atoms. The number of nitrogens with one attached hydrogen (secondary N) is 1. The Hall–Kier alpha value is -2.02. The second-order valence-electron chi connectivity index (χ2n) is 4.84. The summed E-state index contributed by atoms with van der Waals surface area (Å²) in [5, 5.41) is 10.9. The molecular weight excluding hydrogens is 270 g/mol. The molecule has 0 bridgehead atoms. The first-order valence-corrected chi connectivity index (χ1v) is 6.01. The minimum Gasteiger partial charge on any atom is -0.478 e. The standard InChI is InChI=1S/C13H16F2N2O3/c1-6(2)3-10(16)12(18)17-11-4-7(13(19)20)8(14)5-9(11)15/h4-6,10H,3,16H2,1-2H3,(H,17,18)(H,19,20). The molecule has 0 radical (unpaired) electrons. The van der Waals surface area contributed by atoms with Gasteiger partial charge >= 0.3 is 5.97 Å². The van der Waals surface area contributed by atoms with Crippen molar-refractivity contribution >= 4 is 17.6 Å².